The van der Waals surface area contributed by atoms with Crippen LogP contribution in [0.1, 0.15) is 29.7 Å². The van der Waals surface area contributed by atoms with Crippen LogP contribution in [-0.2, 0) is 0 Å². The van der Waals surface area contributed by atoms with Gasteiger partial charge in [-0.1, -0.05) is 6.07 Å². The molecule has 0 amide bonds. The van der Waals surface area contributed by atoms with Crippen LogP contribution in [0.3, 0.4) is 0 Å². The van der Waals surface area contributed by atoms with Crippen LogP contribution in [-0.4, -0.2) is 46.2 Å². The van der Waals surface area contributed by atoms with E-state index < -0.39 is 5.82 Å². The lowest BCUT2D eigenvalue weighted by atomic mass is 9.98. The van der Waals surface area contributed by atoms with Crippen molar-refractivity contribution in [3.8, 4) is 5.69 Å². The number of amidine groups is 1. The zero-order valence-corrected chi connectivity index (χ0v) is 19.1. The van der Waals surface area contributed by atoms with Crippen LogP contribution in [0.5, 0.6) is 0 Å². The summed E-state index contributed by atoms with van der Waals surface area (Å²) >= 11 is 4.75. The molecule has 0 spiro atoms. The summed E-state index contributed by atoms with van der Waals surface area (Å²) in [5.74, 6) is 0.496. The van der Waals surface area contributed by atoms with Gasteiger partial charge in [0.15, 0.2) is 5.82 Å². The molecule has 6 nitrogen and oxygen atoms in total. The van der Waals surface area contributed by atoms with E-state index in [4.69, 9.17) is 23.0 Å². The molecule has 3 heterocycles. The van der Waals surface area contributed by atoms with Gasteiger partial charge in [0.1, 0.15) is 11.5 Å². The molecule has 0 unspecified atom stereocenters. The van der Waals surface area contributed by atoms with Crippen LogP contribution >= 0.6 is 12.6 Å². The normalized spacial score (nSPS) is 16.9. The summed E-state index contributed by atoms with van der Waals surface area (Å²) in [4.78, 5) is 9.84. The lowest BCUT2D eigenvalue weighted by Gasteiger charge is -2.43. The van der Waals surface area contributed by atoms with Crippen molar-refractivity contribution in [2.45, 2.75) is 24.7 Å². The third-order valence-electron chi connectivity index (χ3n) is 5.88. The Bertz CT molecular complexity index is 1260. The second-order valence-corrected chi connectivity index (χ2v) is 8.49. The van der Waals surface area contributed by atoms with Crippen LogP contribution in [0.15, 0.2) is 52.3 Å². The molecule has 8 heteroatoms. The number of benzene rings is 1. The minimum atomic E-state index is -0.417. The van der Waals surface area contributed by atoms with Crippen molar-refractivity contribution < 1.29 is 4.39 Å². The third kappa shape index (κ3) is 4.00. The van der Waals surface area contributed by atoms with E-state index in [-0.39, 0.29) is 0 Å². The second-order valence-electron chi connectivity index (χ2n) is 8.04. The molecule has 33 heavy (non-hydrogen) atoms. The van der Waals surface area contributed by atoms with Crippen LogP contribution in [0, 0.1) is 30.3 Å². The average molecular weight is 459 g/mol. The number of nitrogens with one attached hydrogen (secondary N) is 1. The number of hydrazine groups is 1. The van der Waals surface area contributed by atoms with Gasteiger partial charge in [0, 0.05) is 29.4 Å². The molecule has 5 rings (SSSR count). The van der Waals surface area contributed by atoms with Gasteiger partial charge in [-0.2, -0.15) is 4.39 Å². The van der Waals surface area contributed by atoms with Gasteiger partial charge in [-0.05, 0) is 67.3 Å². The number of anilines is 1. The van der Waals surface area contributed by atoms with Crippen molar-refractivity contribution in [1.82, 2.24) is 14.6 Å². The molecule has 0 atom stereocenters. The fraction of sp³-hybridized carbons (Fsp3) is 0.240. The lowest BCUT2D eigenvalue weighted by molar-refractivity contribution is 0.348. The zero-order valence-electron chi connectivity index (χ0n) is 18.2. The molecule has 1 aromatic heterocycles. The maximum atomic E-state index is 13.4. The van der Waals surface area contributed by atoms with Crippen molar-refractivity contribution in [2.24, 2.45) is 4.99 Å². The summed E-state index contributed by atoms with van der Waals surface area (Å²) in [6.07, 6.45) is 9.01. The van der Waals surface area contributed by atoms with Gasteiger partial charge < -0.3 is 9.98 Å². The summed E-state index contributed by atoms with van der Waals surface area (Å²) < 4.78 is 15.3. The number of fused-ring (bicyclic) bond motifs is 1. The molecule has 3 aromatic rings. The highest BCUT2D eigenvalue weighted by molar-refractivity contribution is 7.80. The summed E-state index contributed by atoms with van der Waals surface area (Å²) in [6, 6.07) is 12.6. The van der Waals surface area contributed by atoms with Gasteiger partial charge in [0.05, 0.1) is 30.8 Å². The average Bonchev–Trinajstić information content (AvgIpc) is 3.26. The van der Waals surface area contributed by atoms with Crippen molar-refractivity contribution in [3.63, 3.8) is 0 Å². The Kier molecular flexibility index (Phi) is 5.65. The number of thiol groups is 1. The summed E-state index contributed by atoms with van der Waals surface area (Å²) in [5, 5.41) is 12.3. The minimum absolute atomic E-state index is 0.417. The predicted molar refractivity (Wildman–Crippen MR) is 131 cm³/mol. The largest absolute Gasteiger partial charge is 0.308 e. The van der Waals surface area contributed by atoms with E-state index in [1.54, 1.807) is 12.4 Å². The summed E-state index contributed by atoms with van der Waals surface area (Å²) in [6.45, 7) is 4.12. The second kappa shape index (κ2) is 8.75. The Balaban J connectivity index is 1.50. The van der Waals surface area contributed by atoms with Crippen LogP contribution in [0.25, 0.3) is 11.8 Å². The highest BCUT2D eigenvalue weighted by Crippen LogP contribution is 2.31. The molecule has 0 saturated carbocycles. The number of hydrogen-bond acceptors (Lipinski definition) is 6. The smallest absolute Gasteiger partial charge is 0.173 e. The van der Waals surface area contributed by atoms with Gasteiger partial charge in [-0.15, -0.1) is 12.6 Å². The first-order valence-corrected chi connectivity index (χ1v) is 11.3. The highest BCUT2D eigenvalue weighted by Gasteiger charge is 2.29. The van der Waals surface area contributed by atoms with E-state index in [0.717, 1.165) is 63.9 Å². The van der Waals surface area contributed by atoms with E-state index >= 15 is 0 Å². The molecule has 0 radical (unpaired) electrons. The van der Waals surface area contributed by atoms with E-state index in [9.17, 15) is 4.39 Å². The van der Waals surface area contributed by atoms with Gasteiger partial charge >= 0.3 is 0 Å². The molecule has 2 aliphatic heterocycles. The first-order chi connectivity index (χ1) is 16.0. The van der Waals surface area contributed by atoms with E-state index in [1.165, 1.54) is 12.3 Å². The Morgan fingerprint density at radius 2 is 2.03 bits per heavy atom. The van der Waals surface area contributed by atoms with Crippen molar-refractivity contribution in [3.05, 3.63) is 77.1 Å². The third-order valence-corrected chi connectivity index (χ3v) is 6.35. The van der Waals surface area contributed by atoms with Crippen molar-refractivity contribution >= 4 is 36.4 Å². The van der Waals surface area contributed by atoms with Gasteiger partial charge in [-0.3, -0.25) is 15.0 Å². The molecule has 1 N–H and O–H groups in total. The number of hydrogen-bond donors (Lipinski definition) is 2. The number of aromatic nitrogens is 2. The monoisotopic (exact) mass is 458 g/mol. The molecule has 2 aliphatic rings. The minimum Gasteiger partial charge on any atom is -0.308 e. The van der Waals surface area contributed by atoms with Gasteiger partial charge in [-0.25, -0.2) is 4.98 Å². The Hall–Kier alpha value is -3.57. The Morgan fingerprint density at radius 1 is 1.15 bits per heavy atom. The number of halogens is 1. The predicted octanol–water partition coefficient (Wildman–Crippen LogP) is 4.52. The van der Waals surface area contributed by atoms with Crippen LogP contribution < -0.4 is 5.01 Å². The number of aryl methyl sites for hydroxylation is 1. The number of nitrogens with zero attached hydrogens (tertiary/aromatic N) is 5. The Morgan fingerprint density at radius 3 is 2.76 bits per heavy atom. The highest BCUT2D eigenvalue weighted by atomic mass is 32.1. The molecule has 1 fully saturated rings. The van der Waals surface area contributed by atoms with E-state index in [0.29, 0.717) is 13.1 Å². The topological polar surface area (TPSA) is 60.5 Å². The molecule has 166 valence electrons. The lowest BCUT2D eigenvalue weighted by Crippen LogP contribution is -2.53. The van der Waals surface area contributed by atoms with Crippen molar-refractivity contribution in [2.75, 3.05) is 24.6 Å². The number of rotatable bonds is 4. The molecule has 0 aliphatic carbocycles. The maximum absolute atomic E-state index is 13.4. The standard InChI is InChI=1S/C25H23FN6S/c1-17-15-30(16-29-17)23-9-4-18(22(14-27)24(23)33)13-19-3-2-11-32-25(19)28-10-12-31(32)21-7-5-20(26)6-8-21/h4-5,7,9,13-16,27,33H,2-3,10-12H2,1H3. The van der Waals surface area contributed by atoms with E-state index in [1.807, 2.05) is 29.8 Å². The maximum Gasteiger partial charge on any atom is 0.173 e. The fourth-order valence-electron chi connectivity index (χ4n) is 4.33. The molecular formula is C25H23FN6S. The van der Waals surface area contributed by atoms with Gasteiger partial charge in [0.25, 0.3) is 0 Å². The Labute approximate surface area is 198 Å². The fourth-order valence-corrected chi connectivity index (χ4v) is 4.71. The summed E-state index contributed by atoms with van der Waals surface area (Å²) in [5.41, 5.74) is 5.37. The molecular weight excluding hydrogens is 435 g/mol. The molecule has 1 saturated heterocycles. The first kappa shape index (κ1) is 21.3. The summed E-state index contributed by atoms with van der Waals surface area (Å²) in [7, 11) is 0. The van der Waals surface area contributed by atoms with Crippen LogP contribution in [0.2, 0.25) is 0 Å². The van der Waals surface area contributed by atoms with Crippen molar-refractivity contribution in [1.29, 1.82) is 5.41 Å². The molecule has 2 aromatic carbocycles. The first-order valence-electron chi connectivity index (χ1n) is 10.8. The van der Waals surface area contributed by atoms with Gasteiger partial charge in [0.2, 0.25) is 0 Å². The van der Waals surface area contributed by atoms with Crippen LogP contribution in [0.4, 0.5) is 10.1 Å². The van der Waals surface area contributed by atoms with E-state index in [2.05, 4.69) is 33.2 Å². The quantitative estimate of drug-likeness (QED) is 0.446. The molecule has 0 bridgehead atoms. The number of imidazole rings is 1. The zero-order chi connectivity index (χ0) is 22.9. The number of aliphatic imine (C=N–C) groups is 1. The SMILES string of the molecule is Cc1cn(-c2ccc(C=C3CCCN4C3=NCCN4c3c#cc(F)cc3)c(C=N)c2S)cn1. The number of piperidine rings is 1.